The number of rotatable bonds is 12. The number of anilines is 2. The molecule has 0 aliphatic rings. The van der Waals surface area contributed by atoms with E-state index in [1.807, 2.05) is 46.4 Å². The number of hydrogen-bond acceptors (Lipinski definition) is 12. The van der Waals surface area contributed by atoms with Crippen LogP contribution in [0.2, 0.25) is 0 Å². The third kappa shape index (κ3) is 18.6. The van der Waals surface area contributed by atoms with Gasteiger partial charge in [-0.3, -0.25) is 0 Å². The van der Waals surface area contributed by atoms with Gasteiger partial charge >= 0.3 is 10.3 Å². The predicted molar refractivity (Wildman–Crippen MR) is 202 cm³/mol. The van der Waals surface area contributed by atoms with Crippen LogP contribution in [0.3, 0.4) is 0 Å². The summed E-state index contributed by atoms with van der Waals surface area (Å²) in [6, 6.07) is 12.7. The lowest BCUT2D eigenvalue weighted by molar-refractivity contribution is -0.654. The minimum absolute atomic E-state index is 0.317. The van der Waals surface area contributed by atoms with Crippen LogP contribution in [0.5, 0.6) is 0 Å². The molecule has 4 N–H and O–H groups in total. The van der Waals surface area contributed by atoms with Crippen molar-refractivity contribution in [2.75, 3.05) is 48.5 Å². The van der Waals surface area contributed by atoms with Crippen LogP contribution in [0.25, 0.3) is 0 Å². The molecule has 0 amide bonds. The van der Waals surface area contributed by atoms with Gasteiger partial charge in [0, 0.05) is 80.6 Å². The van der Waals surface area contributed by atoms with Gasteiger partial charge in [-0.25, -0.2) is 17.6 Å². The fourth-order valence-corrected chi connectivity index (χ4v) is 5.87. The van der Waals surface area contributed by atoms with Crippen molar-refractivity contribution in [2.45, 2.75) is 34.1 Å². The highest BCUT2D eigenvalue weighted by Crippen LogP contribution is 2.29. The van der Waals surface area contributed by atoms with Crippen LogP contribution in [0.1, 0.15) is 31.4 Å². The lowest BCUT2D eigenvalue weighted by Gasteiger charge is -2.30. The molecule has 20 heteroatoms. The zero-order valence-electron chi connectivity index (χ0n) is 29.9. The third-order valence-electron chi connectivity index (χ3n) is 6.68. The summed E-state index contributed by atoms with van der Waals surface area (Å²) in [5, 5.41) is 23.5. The van der Waals surface area contributed by atoms with Crippen LogP contribution in [-0.4, -0.2) is 74.4 Å². The van der Waals surface area contributed by atoms with E-state index < -0.39 is 19.8 Å². The minimum atomic E-state index is -5.35. The van der Waals surface area contributed by atoms with Gasteiger partial charge in [0.15, 0.2) is 0 Å². The van der Waals surface area contributed by atoms with E-state index >= 15 is 0 Å². The van der Waals surface area contributed by atoms with Crippen molar-refractivity contribution < 1.29 is 44.9 Å². The van der Waals surface area contributed by atoms with Crippen molar-refractivity contribution in [3.05, 3.63) is 70.7 Å². The molecule has 51 heavy (non-hydrogen) atoms. The van der Waals surface area contributed by atoms with E-state index in [2.05, 4.69) is 94.3 Å². The van der Waals surface area contributed by atoms with E-state index in [1.165, 1.54) is 22.5 Å². The first-order valence-electron chi connectivity index (χ1n) is 15.5. The summed E-state index contributed by atoms with van der Waals surface area (Å²) >= 11 is 3.16. The van der Waals surface area contributed by atoms with Gasteiger partial charge in [0.05, 0.1) is 24.3 Å². The topological polar surface area (TPSA) is 225 Å². The molecule has 0 aliphatic carbocycles. The van der Waals surface area contributed by atoms with Crippen molar-refractivity contribution in [1.29, 1.82) is 0 Å². The van der Waals surface area contributed by atoms with Gasteiger partial charge < -0.3 is 37.1 Å². The van der Waals surface area contributed by atoms with Crippen LogP contribution in [0.4, 0.5) is 33.0 Å². The van der Waals surface area contributed by atoms with Gasteiger partial charge in [0.25, 0.3) is 0 Å². The normalized spacial score (nSPS) is 13.4. The Morgan fingerprint density at radius 2 is 1.02 bits per heavy atom. The molecule has 2 heterocycles. The lowest BCUT2D eigenvalue weighted by Crippen LogP contribution is -2.30. The zero-order valence-corrected chi connectivity index (χ0v) is 33.2. The molecule has 2 aromatic carbocycles. The maximum absolute atomic E-state index is 9.34. The van der Waals surface area contributed by atoms with Gasteiger partial charge in [0.1, 0.15) is 23.8 Å². The van der Waals surface area contributed by atoms with E-state index in [1.54, 1.807) is 22.7 Å². The molecular formula is C31H48N8O8S4. The summed E-state index contributed by atoms with van der Waals surface area (Å²) in [4.78, 5) is 4.90. The van der Waals surface area contributed by atoms with E-state index in [0.29, 0.717) is 12.5 Å². The average Bonchev–Trinajstić information content (AvgIpc) is 3.60. The second-order valence-corrected chi connectivity index (χ2v) is 18.1. The molecule has 0 fully saturated rings. The third-order valence-corrected chi connectivity index (χ3v) is 8.36. The molecule has 284 valence electrons. The summed E-state index contributed by atoms with van der Waals surface area (Å²) in [6.45, 7) is 12.6. The number of azo groups is 2. The second-order valence-electron chi connectivity index (χ2n) is 11.7. The molecule has 4 rings (SSSR count). The van der Waals surface area contributed by atoms with Gasteiger partial charge in [-0.05, 0) is 115 Å². The first kappa shape index (κ1) is 43.7. The number of aryl methyl sites for hydroxylation is 4. The number of aromatic nitrogens is 2. The van der Waals surface area contributed by atoms with Gasteiger partial charge in [0.2, 0.25) is 0 Å². The predicted octanol–water partition coefficient (Wildman–Crippen LogP) is 6.67. The Morgan fingerprint density at radius 3 is 1.27 bits per heavy atom. The monoisotopic (exact) mass is 788 g/mol. The molecule has 16 nitrogen and oxygen atoms in total. The number of hydrogen-bond donors (Lipinski definition) is 4. The highest BCUT2D eigenvalue weighted by atomic mass is 32.3. The Kier molecular flexibility index (Phi) is 15.3. The van der Waals surface area contributed by atoms with Crippen molar-refractivity contribution in [3.63, 3.8) is 0 Å². The van der Waals surface area contributed by atoms with Gasteiger partial charge in [-0.15, -0.1) is 0 Å². The Bertz CT molecular complexity index is 1770. The smallest absolute Gasteiger partial charge is 0.408 e. The Balaban J connectivity index is 0.000000645. The molecule has 0 radical (unpaired) electrons. The van der Waals surface area contributed by atoms with Crippen molar-refractivity contribution in [2.24, 2.45) is 34.6 Å². The largest absolute Gasteiger partial charge is 0.750 e. The van der Waals surface area contributed by atoms with Gasteiger partial charge in [-0.2, -0.15) is 0 Å². The maximum Gasteiger partial charge on any atom is 0.408 e. The minimum Gasteiger partial charge on any atom is -0.750 e. The maximum atomic E-state index is 9.34. The quantitative estimate of drug-likeness (QED) is 0.0880. The molecule has 0 saturated heterocycles. The van der Waals surface area contributed by atoms with Crippen molar-refractivity contribution in [1.82, 2.24) is 0 Å². The van der Waals surface area contributed by atoms with Crippen LogP contribution in [-0.2, 0) is 33.9 Å². The number of nitrogens with zero attached hydrogens (tertiary/aromatic N) is 8. The summed E-state index contributed by atoms with van der Waals surface area (Å²) < 4.78 is 71.5. The molecule has 0 bridgehead atoms. The SMILES string of the molecule is CCN(CCCN(CC)c1ccc(N=Nc2scc[n+]2C)cc1C)c1ccc(N=Nc2scc[n+]2C)cc1C.CS(=O)([O-])(O)O.CS(=O)([O-])(O)O. The summed E-state index contributed by atoms with van der Waals surface area (Å²) in [7, 11) is -6.74. The molecule has 0 aliphatic heterocycles. The standard InChI is InChI=1S/C29H38N8S2.2CH6O4S/c1-7-36(26-12-10-24(20-22(26)3)30-32-28-34(5)16-18-38-28)14-9-15-37(8-2)27-13-11-25(21-23(27)4)31-33-29-35(6)17-19-39-29;2*1-6(2,3,4)5/h10-13,16-21H,7-9,14-15H2,1-6H3;2*1H3,(H3,2,3,4,5)/q+2;;/p-2. The van der Waals surface area contributed by atoms with Crippen LogP contribution >= 0.6 is 22.7 Å². The van der Waals surface area contributed by atoms with Crippen LogP contribution in [0.15, 0.2) is 80.0 Å². The first-order valence-corrected chi connectivity index (χ1v) is 21.7. The fraction of sp³-hybridized carbons (Fsp3) is 0.419. The van der Waals surface area contributed by atoms with Crippen molar-refractivity contribution >= 4 is 75.5 Å². The lowest BCUT2D eigenvalue weighted by atomic mass is 10.1. The zero-order chi connectivity index (χ0) is 38.7. The Labute approximate surface area is 307 Å². The second kappa shape index (κ2) is 17.9. The fourth-order valence-electron chi connectivity index (χ4n) is 4.51. The summed E-state index contributed by atoms with van der Waals surface area (Å²) in [5.41, 5.74) is 6.69. The summed E-state index contributed by atoms with van der Waals surface area (Å²) in [6.07, 6.45) is 5.67. The van der Waals surface area contributed by atoms with Gasteiger partial charge in [-0.1, -0.05) is 0 Å². The Hall–Kier alpha value is -3.44. The highest BCUT2D eigenvalue weighted by molar-refractivity contribution is 8.04. The van der Waals surface area contributed by atoms with E-state index in [-0.39, 0.29) is 0 Å². The Morgan fingerprint density at radius 1 is 0.686 bits per heavy atom. The molecule has 0 atom stereocenters. The van der Waals surface area contributed by atoms with E-state index in [9.17, 15) is 17.5 Å². The molecule has 0 spiro atoms. The molecule has 0 saturated carbocycles. The molecule has 0 unspecified atom stereocenters. The number of thiazole rings is 2. The van der Waals surface area contributed by atoms with E-state index in [0.717, 1.165) is 54.2 Å². The molecule has 2 aromatic heterocycles. The van der Waals surface area contributed by atoms with E-state index in [4.69, 9.17) is 18.2 Å². The average molecular weight is 789 g/mol. The first-order chi connectivity index (χ1) is 23.4. The number of benzene rings is 2. The van der Waals surface area contributed by atoms with Crippen molar-refractivity contribution in [3.8, 4) is 0 Å². The summed E-state index contributed by atoms with van der Waals surface area (Å²) in [5.74, 6) is 0. The molecule has 4 aromatic rings. The van der Waals surface area contributed by atoms with Crippen LogP contribution in [0, 0.1) is 13.8 Å². The highest BCUT2D eigenvalue weighted by Gasteiger charge is 2.14. The van der Waals surface area contributed by atoms with Crippen LogP contribution < -0.4 is 18.9 Å². The molecular weight excluding hydrogens is 741 g/mol.